The number of aryl methyl sites for hydroxylation is 2. The summed E-state index contributed by atoms with van der Waals surface area (Å²) in [6.45, 7) is 16.0. The third kappa shape index (κ3) is 13.0. The van der Waals surface area contributed by atoms with Crippen molar-refractivity contribution in [1.29, 1.82) is 0 Å². The highest BCUT2D eigenvalue weighted by Gasteiger charge is 2.40. The van der Waals surface area contributed by atoms with Crippen molar-refractivity contribution < 1.29 is 19.1 Å². The predicted molar refractivity (Wildman–Crippen MR) is 315 cm³/mol. The van der Waals surface area contributed by atoms with Crippen molar-refractivity contribution >= 4 is 34.4 Å². The molecule has 0 saturated carbocycles. The Morgan fingerprint density at radius 2 is 1.13 bits per heavy atom. The number of likely N-dealkylation sites (N-methyl/N-ethyl adjacent to an activating group) is 2. The molecular weight excluding hydrogens is 1010 g/mol. The zero-order valence-electron chi connectivity index (χ0n) is 45.0. The quantitative estimate of drug-likeness (QED) is 0.0761. The van der Waals surface area contributed by atoms with E-state index in [1.165, 1.54) is 66.0 Å². The standard InChI is InChI=1S/C30H36N6O2.C28H35N5O.C3H3ClO.2CH4/c1-4-22-17-34(28(37)5-2)15-16-36(22)29-25-18-35(27-13-12-21-9-6-7-11-24(21)27)19-26(25)31-30(32-29)38-20-23-10-8-14-33(23)3;1-3-21-10-6-7-16-33(21)27-24-17-32(26-14-13-20-9-4-5-12-23(20)26)18-25(24)29-28(30-27)34-19-22-11-8-15-31(22)2;1-2-3(4)5;;/h1,5-7,9,11,22-23,27H,2,8,10,12-20H2,3H3;1,4-5,9,12,21-22,26H,6-8,10-11,13-19H2,2H3;2H,1H2;2*1H4/t22-,23-,27?;21-,22-,26?;;;/m00.../s1. The number of aromatic nitrogens is 4. The molecular formula is C63H82ClN11O4. The molecule has 2 aliphatic carbocycles. The molecule has 6 atom stereocenters. The van der Waals surface area contributed by atoms with Gasteiger partial charge in [-0.1, -0.05) is 88.4 Å². The van der Waals surface area contributed by atoms with Crippen molar-refractivity contribution in [2.75, 3.05) is 76.4 Å². The number of carbonyl (C=O) groups is 2. The minimum atomic E-state index is -0.509. The number of ether oxygens (including phenoxy) is 2. The number of terminal acetylenes is 2. The van der Waals surface area contributed by atoms with Gasteiger partial charge in [0.25, 0.3) is 0 Å². The van der Waals surface area contributed by atoms with E-state index in [4.69, 9.17) is 53.9 Å². The van der Waals surface area contributed by atoms with Gasteiger partial charge in [0, 0.05) is 81.1 Å². The van der Waals surface area contributed by atoms with Crippen molar-refractivity contribution in [2.24, 2.45) is 0 Å². The van der Waals surface area contributed by atoms with E-state index >= 15 is 0 Å². The Kier molecular flexibility index (Phi) is 19.9. The first kappa shape index (κ1) is 58.8. The number of halogens is 1. The van der Waals surface area contributed by atoms with Crippen LogP contribution in [0.3, 0.4) is 0 Å². The van der Waals surface area contributed by atoms with Gasteiger partial charge in [0.05, 0.1) is 24.0 Å². The van der Waals surface area contributed by atoms with Crippen molar-refractivity contribution in [2.45, 2.75) is 148 Å². The van der Waals surface area contributed by atoms with Gasteiger partial charge in [-0.3, -0.25) is 19.4 Å². The van der Waals surface area contributed by atoms with Crippen molar-refractivity contribution in [3.05, 3.63) is 119 Å². The van der Waals surface area contributed by atoms with Crippen LogP contribution < -0.4 is 19.3 Å². The maximum absolute atomic E-state index is 12.3. The van der Waals surface area contributed by atoms with Crippen LogP contribution in [0.2, 0.25) is 0 Å². The van der Waals surface area contributed by atoms with E-state index in [1.807, 2.05) is 0 Å². The summed E-state index contributed by atoms with van der Waals surface area (Å²) in [5, 5.41) is -0.509. The summed E-state index contributed by atoms with van der Waals surface area (Å²) in [6, 6.07) is 20.1. The van der Waals surface area contributed by atoms with E-state index in [0.717, 1.165) is 119 Å². The maximum atomic E-state index is 12.3. The molecule has 8 aliphatic rings. The third-order valence-corrected chi connectivity index (χ3v) is 17.4. The molecule has 4 aromatic rings. The van der Waals surface area contributed by atoms with E-state index in [0.29, 0.717) is 69.0 Å². The van der Waals surface area contributed by atoms with E-state index < -0.39 is 5.24 Å². The fourth-order valence-corrected chi connectivity index (χ4v) is 12.9. The highest BCUT2D eigenvalue weighted by Crippen LogP contribution is 2.44. The molecule has 0 bridgehead atoms. The first-order chi connectivity index (χ1) is 37.5. The Morgan fingerprint density at radius 3 is 1.58 bits per heavy atom. The first-order valence-electron chi connectivity index (χ1n) is 27.8. The smallest absolute Gasteiger partial charge is 0.318 e. The molecule has 2 aromatic heterocycles. The number of hydrogen-bond donors (Lipinski definition) is 0. The Hall–Kier alpha value is -6.33. The lowest BCUT2D eigenvalue weighted by Gasteiger charge is -2.40. The number of allylic oxidation sites excluding steroid dienone is 1. The molecule has 79 heavy (non-hydrogen) atoms. The SMILES string of the molecule is C.C.C#C[C@H]1CCCCN1c1nc(OC[C@@H]2CCCN2C)nc2c1CN(C1CCc3ccccc31)C2.C#C[C@H]1CN(C(=O)C=C)CCN1c1nc(OC[C@@H]2CCCN2C)nc2c1CN(C1CCc3ccccc31)C2.C=CC(=O)Cl. The summed E-state index contributed by atoms with van der Waals surface area (Å²) in [6.07, 6.45) is 27.0. The molecule has 2 aromatic carbocycles. The van der Waals surface area contributed by atoms with Crippen LogP contribution in [0, 0.1) is 24.7 Å². The summed E-state index contributed by atoms with van der Waals surface area (Å²) < 4.78 is 12.5. The largest absolute Gasteiger partial charge is 0.462 e. The number of amides is 1. The van der Waals surface area contributed by atoms with Crippen molar-refractivity contribution in [3.8, 4) is 36.7 Å². The summed E-state index contributed by atoms with van der Waals surface area (Å²) in [5.74, 6) is 7.71. The average Bonchev–Trinajstić information content (AvgIpc) is 4.56. The number of benzene rings is 2. The van der Waals surface area contributed by atoms with Gasteiger partial charge in [-0.05, 0) is 144 Å². The number of piperazine rings is 1. The molecule has 15 nitrogen and oxygen atoms in total. The Labute approximate surface area is 475 Å². The minimum absolute atomic E-state index is 0. The Balaban J connectivity index is 0.000000188. The van der Waals surface area contributed by atoms with Gasteiger partial charge < -0.3 is 34.0 Å². The summed E-state index contributed by atoms with van der Waals surface area (Å²) >= 11 is 4.71. The molecule has 0 spiro atoms. The van der Waals surface area contributed by atoms with Crippen molar-refractivity contribution in [3.63, 3.8) is 0 Å². The minimum Gasteiger partial charge on any atom is -0.462 e. The van der Waals surface area contributed by atoms with E-state index in [1.54, 1.807) is 4.90 Å². The van der Waals surface area contributed by atoms with Gasteiger partial charge in [-0.2, -0.15) is 19.9 Å². The maximum Gasteiger partial charge on any atom is 0.318 e. The van der Waals surface area contributed by atoms with Gasteiger partial charge in [0.15, 0.2) is 0 Å². The fourth-order valence-electron chi connectivity index (χ4n) is 12.9. The summed E-state index contributed by atoms with van der Waals surface area (Å²) in [4.78, 5) is 57.8. The molecule has 16 heteroatoms. The van der Waals surface area contributed by atoms with Crippen LogP contribution in [-0.2, 0) is 48.6 Å². The number of hydrogen-bond acceptors (Lipinski definition) is 14. The van der Waals surface area contributed by atoms with Crippen LogP contribution in [0.25, 0.3) is 0 Å². The second-order valence-corrected chi connectivity index (χ2v) is 22.1. The second-order valence-electron chi connectivity index (χ2n) is 21.7. The number of rotatable bonds is 12. The van der Waals surface area contributed by atoms with Crippen molar-refractivity contribution in [1.82, 2.24) is 44.4 Å². The molecule has 8 heterocycles. The van der Waals surface area contributed by atoms with Gasteiger partial charge in [0.2, 0.25) is 11.1 Å². The van der Waals surface area contributed by atoms with Crippen LogP contribution in [0.1, 0.15) is 129 Å². The molecule has 420 valence electrons. The average molecular weight is 1090 g/mol. The topological polar surface area (TPSA) is 127 Å². The molecule has 12 rings (SSSR count). The number of carbonyl (C=O) groups excluding carboxylic acids is 2. The Morgan fingerprint density at radius 1 is 0.633 bits per heavy atom. The predicted octanol–water partition coefficient (Wildman–Crippen LogP) is 8.94. The molecule has 1 amide bonds. The lowest BCUT2D eigenvalue weighted by molar-refractivity contribution is -0.126. The van der Waals surface area contributed by atoms with Crippen LogP contribution in [0.15, 0.2) is 73.8 Å². The third-order valence-electron chi connectivity index (χ3n) is 17.2. The molecule has 4 fully saturated rings. The van der Waals surface area contributed by atoms with Gasteiger partial charge >= 0.3 is 12.0 Å². The molecule has 6 aliphatic heterocycles. The summed E-state index contributed by atoms with van der Waals surface area (Å²) in [7, 11) is 4.33. The van der Waals surface area contributed by atoms with E-state index in [2.05, 4.69) is 117 Å². The molecule has 4 saturated heterocycles. The zero-order chi connectivity index (χ0) is 53.6. The van der Waals surface area contributed by atoms with E-state index in [-0.39, 0.29) is 32.8 Å². The molecule has 2 unspecified atom stereocenters. The van der Waals surface area contributed by atoms with Crippen LogP contribution in [-0.4, -0.2) is 146 Å². The van der Waals surface area contributed by atoms with Gasteiger partial charge in [-0.25, -0.2) is 0 Å². The number of likely N-dealkylation sites (tertiary alicyclic amines) is 2. The lowest BCUT2D eigenvalue weighted by atomic mass is 10.0. The summed E-state index contributed by atoms with van der Waals surface area (Å²) in [5.41, 5.74) is 10.3. The fraction of sp³-hybridized carbons (Fsp3) is 0.524. The number of nitrogens with zero attached hydrogens (tertiary/aromatic N) is 11. The second kappa shape index (κ2) is 26.8. The van der Waals surface area contributed by atoms with Crippen LogP contribution in [0.5, 0.6) is 12.0 Å². The van der Waals surface area contributed by atoms with Crippen LogP contribution in [0.4, 0.5) is 11.6 Å². The van der Waals surface area contributed by atoms with Gasteiger partial charge in [-0.15, -0.1) is 12.8 Å². The number of piperidine rings is 1. The zero-order valence-corrected chi connectivity index (χ0v) is 45.8. The van der Waals surface area contributed by atoms with Gasteiger partial charge in [0.1, 0.15) is 30.9 Å². The highest BCUT2D eigenvalue weighted by atomic mass is 35.5. The highest BCUT2D eigenvalue weighted by molar-refractivity contribution is 6.66. The molecule has 0 N–H and O–H groups in total. The number of fused-ring (bicyclic) bond motifs is 4. The first-order valence-corrected chi connectivity index (χ1v) is 28.2. The monoisotopic (exact) mass is 1090 g/mol. The van der Waals surface area contributed by atoms with E-state index in [9.17, 15) is 9.59 Å². The number of anilines is 2. The Bertz CT molecular complexity index is 2900. The van der Waals surface area contributed by atoms with Crippen LogP contribution >= 0.6 is 11.6 Å². The lowest BCUT2D eigenvalue weighted by Crippen LogP contribution is -2.54. The molecule has 0 radical (unpaired) electrons. The normalized spacial score (nSPS) is 24.1.